The number of rotatable bonds is 3. The van der Waals surface area contributed by atoms with Gasteiger partial charge in [0.15, 0.2) is 0 Å². The molecule has 0 bridgehead atoms. The molecule has 0 saturated heterocycles. The third-order valence-corrected chi connectivity index (χ3v) is 2.07. The Balaban J connectivity index is 0. The number of halogens is 18. The molecule has 0 amide bonds. The number of hydrogen-bond donors (Lipinski definition) is 1. The van der Waals surface area contributed by atoms with Crippen LogP contribution in [0.4, 0.5) is 78.4 Å². The third kappa shape index (κ3) is 7.82. The van der Waals surface area contributed by atoms with Gasteiger partial charge in [0.1, 0.15) is 0 Å². The van der Waals surface area contributed by atoms with Crippen LogP contribution in [0.15, 0.2) is 4.99 Å². The Bertz CT molecular complexity index is 620. The van der Waals surface area contributed by atoms with Crippen molar-refractivity contribution in [2.45, 2.75) is 36.7 Å². The molecule has 0 heterocycles. The van der Waals surface area contributed by atoms with Crippen molar-refractivity contribution < 1.29 is 83.0 Å². The van der Waals surface area contributed by atoms with Gasteiger partial charge >= 0.3 is 44.7 Å². The Morgan fingerprint density at radius 2 is 0.867 bits per heavy atom. The lowest BCUT2D eigenvalue weighted by Gasteiger charge is -2.38. The lowest BCUT2D eigenvalue weighted by atomic mass is 10.3. The van der Waals surface area contributed by atoms with Gasteiger partial charge in [-0.15, -0.1) is 12.6 Å². The van der Waals surface area contributed by atoms with Crippen molar-refractivity contribution in [3.05, 3.63) is 0 Å². The van der Waals surface area contributed by atoms with E-state index >= 15 is 0 Å². The Morgan fingerprint density at radius 3 is 1.03 bits per heavy atom. The molecule has 0 aromatic heterocycles. The van der Waals surface area contributed by atoms with Crippen molar-refractivity contribution in [2.24, 2.45) is 10.7 Å². The van der Waals surface area contributed by atoms with Crippen LogP contribution in [0.25, 0.3) is 0 Å². The Labute approximate surface area is 151 Å². The third-order valence-electron chi connectivity index (χ3n) is 2.07. The largest absolute Gasteiger partial charge is 0.591 e. The first-order valence-electron chi connectivity index (χ1n) is 5.68. The summed E-state index contributed by atoms with van der Waals surface area (Å²) in [6, 6.07) is -21.3. The summed E-state index contributed by atoms with van der Waals surface area (Å²) in [5.41, 5.74) is 3.80. The second kappa shape index (κ2) is 8.40. The van der Waals surface area contributed by atoms with Crippen LogP contribution in [0.3, 0.4) is 0 Å². The Morgan fingerprint density at radius 1 is 0.633 bits per heavy atom. The first-order valence-corrected chi connectivity index (χ1v) is 7.06. The van der Waals surface area contributed by atoms with E-state index < -0.39 is 55.6 Å². The zero-order valence-electron chi connectivity index (χ0n) is 12.6. The highest BCUT2D eigenvalue weighted by molar-refractivity contribution is 7.47. The van der Waals surface area contributed by atoms with E-state index in [1.54, 1.807) is 0 Å². The summed E-state index contributed by atoms with van der Waals surface area (Å²) in [5, 5.41) is 0. The van der Waals surface area contributed by atoms with Crippen LogP contribution in [0.1, 0.15) is 0 Å². The first kappa shape index (κ1) is 30.4. The lowest BCUT2D eigenvalue weighted by Crippen LogP contribution is -2.68. The topological polar surface area (TPSA) is 58.7 Å². The summed E-state index contributed by atoms with van der Waals surface area (Å²) in [5.74, 6) is -3.77. The number of alkyl halides is 15. The van der Waals surface area contributed by atoms with Crippen LogP contribution in [0.2, 0.25) is 0 Å². The van der Waals surface area contributed by atoms with Crippen molar-refractivity contribution in [1.82, 2.24) is 4.90 Å². The average Bonchev–Trinajstić information content (AvgIpc) is 2.30. The maximum atomic E-state index is 12.9. The predicted octanol–water partition coefficient (Wildman–Crippen LogP) is 6.07. The van der Waals surface area contributed by atoms with Gasteiger partial charge in [0.2, 0.25) is 5.96 Å². The van der Waals surface area contributed by atoms with E-state index in [4.69, 9.17) is 4.57 Å². The van der Waals surface area contributed by atoms with Crippen molar-refractivity contribution in [3.8, 4) is 0 Å². The van der Waals surface area contributed by atoms with Crippen molar-refractivity contribution >= 4 is 14.0 Å². The Hall–Kier alpha value is -1.76. The lowest BCUT2D eigenvalue weighted by molar-refractivity contribution is -0.413. The molecule has 23 heteroatoms. The standard InChI is InChI=1S/C7H2F15N3.F3OP/c8-2(9,10)5(17,18)24-1(23)25(6(19,20)3(11,12)13)7(21,22)4(14,15)16;1-5(2,3)4/h(H2,23,24);. The molecule has 0 atom stereocenters. The van der Waals surface area contributed by atoms with E-state index in [-0.39, 0.29) is 0 Å². The van der Waals surface area contributed by atoms with Crippen molar-refractivity contribution in [2.75, 3.05) is 0 Å². The minimum absolute atomic E-state index is 0.642. The van der Waals surface area contributed by atoms with Gasteiger partial charge in [-0.1, -0.05) is 0 Å². The van der Waals surface area contributed by atoms with Crippen LogP contribution < -0.4 is 5.73 Å². The van der Waals surface area contributed by atoms with Crippen LogP contribution in [-0.4, -0.2) is 47.5 Å². The minimum atomic E-state index is -7.33. The van der Waals surface area contributed by atoms with Gasteiger partial charge in [-0.05, 0) is 0 Å². The van der Waals surface area contributed by atoms with E-state index in [1.165, 1.54) is 0 Å². The molecule has 0 aromatic rings. The van der Waals surface area contributed by atoms with Gasteiger partial charge in [-0.2, -0.15) is 70.8 Å². The predicted molar refractivity (Wildman–Crippen MR) is 57.4 cm³/mol. The van der Waals surface area contributed by atoms with E-state index in [1.807, 2.05) is 0 Å². The first-order chi connectivity index (χ1) is 12.5. The molecule has 30 heavy (non-hydrogen) atoms. The summed E-state index contributed by atoms with van der Waals surface area (Å²) in [4.78, 5) is -2.89. The average molecular weight is 517 g/mol. The highest BCUT2D eigenvalue weighted by Gasteiger charge is 2.76. The zero-order valence-corrected chi connectivity index (χ0v) is 13.5. The molecule has 4 nitrogen and oxygen atoms in total. The van der Waals surface area contributed by atoms with Gasteiger partial charge < -0.3 is 5.73 Å². The normalized spacial score (nSPS) is 15.5. The van der Waals surface area contributed by atoms with Gasteiger partial charge in [0.05, 0.1) is 0 Å². The maximum absolute atomic E-state index is 12.9. The summed E-state index contributed by atoms with van der Waals surface area (Å²) < 4.78 is 222. The highest BCUT2D eigenvalue weighted by Crippen LogP contribution is 2.50. The quantitative estimate of drug-likeness (QED) is 0.163. The van der Waals surface area contributed by atoms with Gasteiger partial charge in [-0.25, -0.2) is 9.46 Å². The minimum Gasteiger partial charge on any atom is -0.369 e. The van der Waals surface area contributed by atoms with Gasteiger partial charge in [0.25, 0.3) is 0 Å². The number of hydrogen-bond acceptors (Lipinski definition) is 2. The van der Waals surface area contributed by atoms with Crippen molar-refractivity contribution in [1.29, 1.82) is 0 Å². The fourth-order valence-electron chi connectivity index (χ4n) is 0.975. The zero-order chi connectivity index (χ0) is 25.4. The van der Waals surface area contributed by atoms with Gasteiger partial charge in [0, 0.05) is 0 Å². The second-order valence-corrected chi connectivity index (χ2v) is 5.12. The van der Waals surface area contributed by atoms with Crippen LogP contribution >= 0.6 is 8.07 Å². The molecule has 0 aliphatic heterocycles. The van der Waals surface area contributed by atoms with E-state index in [0.29, 0.717) is 4.99 Å². The van der Waals surface area contributed by atoms with Crippen LogP contribution in [0, 0.1) is 0 Å². The number of aliphatic imine (C=N–C) groups is 1. The molecule has 0 saturated carbocycles. The maximum Gasteiger partial charge on any atom is 0.591 e. The summed E-state index contributed by atoms with van der Waals surface area (Å²) in [6.07, 6.45) is -21.4. The smallest absolute Gasteiger partial charge is 0.369 e. The van der Waals surface area contributed by atoms with Gasteiger partial charge in [-0.3, -0.25) is 0 Å². The monoisotopic (exact) mass is 517 g/mol. The fraction of sp³-hybridized carbons (Fsp3) is 0.857. The molecule has 0 aliphatic carbocycles. The molecule has 0 fully saturated rings. The second-order valence-electron chi connectivity index (χ2n) is 4.32. The molecule has 0 rings (SSSR count). The van der Waals surface area contributed by atoms with Crippen LogP contribution in [0.5, 0.6) is 0 Å². The fourth-order valence-corrected chi connectivity index (χ4v) is 0.975. The number of nitrogens with zero attached hydrogens (tertiary/aromatic N) is 2. The molecule has 2 N–H and O–H groups in total. The molecule has 0 unspecified atom stereocenters. The molecule has 0 aliphatic rings. The summed E-state index contributed by atoms with van der Waals surface area (Å²) in [6.45, 7) is 0. The van der Waals surface area contributed by atoms with E-state index in [0.717, 1.165) is 0 Å². The number of nitrogens with two attached hydrogens (primary N) is 1. The van der Waals surface area contributed by atoms with Crippen LogP contribution in [-0.2, 0) is 4.57 Å². The molecule has 0 aromatic carbocycles. The molecule has 0 spiro atoms. The molecular formula is C7H2F18N3OP. The molecule has 182 valence electrons. The summed E-state index contributed by atoms with van der Waals surface area (Å²) in [7, 11) is -6.14. The van der Waals surface area contributed by atoms with E-state index in [9.17, 15) is 78.4 Å². The Kier molecular flexibility index (Phi) is 8.53. The molecular weight excluding hydrogens is 515 g/mol. The van der Waals surface area contributed by atoms with E-state index in [2.05, 4.69) is 5.73 Å². The SMILES string of the molecule is NC(=NC(F)(F)C(F)(F)F)N(C(F)(F)C(F)(F)F)C(F)(F)C(F)(F)F.O=P(F)(F)F. The highest BCUT2D eigenvalue weighted by atomic mass is 31.3. The van der Waals surface area contributed by atoms with Crippen molar-refractivity contribution in [3.63, 3.8) is 0 Å². The number of guanidine groups is 1. The molecule has 0 radical (unpaired) electrons. The summed E-state index contributed by atoms with van der Waals surface area (Å²) >= 11 is 0.